The number of anilines is 1. The van der Waals surface area contributed by atoms with Gasteiger partial charge in [-0.05, 0) is 31.5 Å². The van der Waals surface area contributed by atoms with E-state index in [1.54, 1.807) is 13.3 Å². The van der Waals surface area contributed by atoms with E-state index in [9.17, 15) is 0 Å². The van der Waals surface area contributed by atoms with Crippen molar-refractivity contribution >= 4 is 5.82 Å². The number of hydrogen-bond donors (Lipinski definition) is 1. The largest absolute Gasteiger partial charge is 0.493 e. The highest BCUT2D eigenvalue weighted by Crippen LogP contribution is 2.25. The van der Waals surface area contributed by atoms with Crippen LogP contribution in [0.25, 0.3) is 0 Å². The lowest BCUT2D eigenvalue weighted by Gasteiger charge is -2.16. The fraction of sp³-hybridized carbons (Fsp3) is 0.267. The van der Waals surface area contributed by atoms with Gasteiger partial charge in [0.25, 0.3) is 0 Å². The Morgan fingerprint density at radius 3 is 2.56 bits per heavy atom. The summed E-state index contributed by atoms with van der Waals surface area (Å²) in [4.78, 5) is 4.30. The standard InChI is InChI=1S/C15H18N2O/c1-11-6-8-13(9-7-11)12(2)17-15-14(18-3)5-4-10-16-15/h4-10,12H,1-3H3,(H,16,17). The summed E-state index contributed by atoms with van der Waals surface area (Å²) in [6, 6.07) is 12.4. The first kappa shape index (κ1) is 12.4. The van der Waals surface area contributed by atoms with Crippen molar-refractivity contribution in [2.45, 2.75) is 19.9 Å². The Morgan fingerprint density at radius 1 is 1.17 bits per heavy atom. The summed E-state index contributed by atoms with van der Waals surface area (Å²) in [6.45, 7) is 4.20. The molecule has 0 saturated carbocycles. The summed E-state index contributed by atoms with van der Waals surface area (Å²) < 4.78 is 5.28. The molecule has 0 fully saturated rings. The van der Waals surface area contributed by atoms with E-state index in [1.165, 1.54) is 11.1 Å². The Balaban J connectivity index is 2.15. The molecule has 94 valence electrons. The lowest BCUT2D eigenvalue weighted by molar-refractivity contribution is 0.414. The minimum Gasteiger partial charge on any atom is -0.493 e. The van der Waals surface area contributed by atoms with Crippen LogP contribution >= 0.6 is 0 Å². The van der Waals surface area contributed by atoms with Gasteiger partial charge in [-0.15, -0.1) is 0 Å². The van der Waals surface area contributed by atoms with Crippen molar-refractivity contribution in [1.82, 2.24) is 4.98 Å². The molecule has 1 unspecified atom stereocenters. The topological polar surface area (TPSA) is 34.1 Å². The third kappa shape index (κ3) is 2.80. The van der Waals surface area contributed by atoms with E-state index in [0.29, 0.717) is 0 Å². The van der Waals surface area contributed by atoms with Gasteiger partial charge in [0.05, 0.1) is 13.2 Å². The van der Waals surface area contributed by atoms with Crippen molar-refractivity contribution in [3.63, 3.8) is 0 Å². The number of hydrogen-bond acceptors (Lipinski definition) is 3. The smallest absolute Gasteiger partial charge is 0.169 e. The van der Waals surface area contributed by atoms with Gasteiger partial charge in [0, 0.05) is 6.20 Å². The summed E-state index contributed by atoms with van der Waals surface area (Å²) in [6.07, 6.45) is 1.76. The number of rotatable bonds is 4. The van der Waals surface area contributed by atoms with Gasteiger partial charge in [0.2, 0.25) is 0 Å². The fourth-order valence-electron chi connectivity index (χ4n) is 1.81. The van der Waals surface area contributed by atoms with Crippen LogP contribution in [0.15, 0.2) is 42.6 Å². The van der Waals surface area contributed by atoms with Crippen LogP contribution in [-0.2, 0) is 0 Å². The van der Waals surface area contributed by atoms with Gasteiger partial charge in [0.1, 0.15) is 0 Å². The third-order valence-corrected chi connectivity index (χ3v) is 2.92. The normalized spacial score (nSPS) is 11.9. The summed E-state index contributed by atoms with van der Waals surface area (Å²) in [7, 11) is 1.65. The predicted molar refractivity (Wildman–Crippen MR) is 74.0 cm³/mol. The van der Waals surface area contributed by atoms with Crippen LogP contribution in [0.4, 0.5) is 5.82 Å². The minimum absolute atomic E-state index is 0.189. The zero-order valence-corrected chi connectivity index (χ0v) is 11.0. The first-order chi connectivity index (χ1) is 8.70. The van der Waals surface area contributed by atoms with Gasteiger partial charge < -0.3 is 10.1 Å². The van der Waals surface area contributed by atoms with Crippen LogP contribution in [0.5, 0.6) is 5.75 Å². The maximum Gasteiger partial charge on any atom is 0.169 e. The third-order valence-electron chi connectivity index (χ3n) is 2.92. The molecule has 3 nitrogen and oxygen atoms in total. The number of pyridine rings is 1. The van der Waals surface area contributed by atoms with Crippen molar-refractivity contribution in [3.05, 3.63) is 53.7 Å². The molecule has 18 heavy (non-hydrogen) atoms. The molecule has 2 aromatic rings. The lowest BCUT2D eigenvalue weighted by atomic mass is 10.1. The van der Waals surface area contributed by atoms with Crippen LogP contribution in [0, 0.1) is 6.92 Å². The van der Waals surface area contributed by atoms with Gasteiger partial charge >= 0.3 is 0 Å². The molecule has 3 heteroatoms. The van der Waals surface area contributed by atoms with E-state index >= 15 is 0 Å². The van der Waals surface area contributed by atoms with E-state index in [2.05, 4.69) is 48.4 Å². The van der Waals surface area contributed by atoms with Gasteiger partial charge in [0.15, 0.2) is 11.6 Å². The Hall–Kier alpha value is -2.03. The molecular formula is C15H18N2O. The average Bonchev–Trinajstić information content (AvgIpc) is 2.40. The number of aromatic nitrogens is 1. The van der Waals surface area contributed by atoms with Crippen LogP contribution < -0.4 is 10.1 Å². The van der Waals surface area contributed by atoms with Crippen LogP contribution in [0.1, 0.15) is 24.1 Å². The molecular weight excluding hydrogens is 224 g/mol. The summed E-state index contributed by atoms with van der Waals surface area (Å²) in [5, 5.41) is 3.36. The molecule has 0 aliphatic carbocycles. The molecule has 0 spiro atoms. The number of nitrogens with zero attached hydrogens (tertiary/aromatic N) is 1. The van der Waals surface area contributed by atoms with E-state index in [4.69, 9.17) is 4.74 Å². The van der Waals surface area contributed by atoms with Gasteiger partial charge in [-0.1, -0.05) is 29.8 Å². The highest BCUT2D eigenvalue weighted by atomic mass is 16.5. The summed E-state index contributed by atoms with van der Waals surface area (Å²) in [5.74, 6) is 1.53. The van der Waals surface area contributed by atoms with Crippen molar-refractivity contribution < 1.29 is 4.74 Å². The van der Waals surface area contributed by atoms with Crippen molar-refractivity contribution in [2.75, 3.05) is 12.4 Å². The molecule has 0 amide bonds. The zero-order valence-electron chi connectivity index (χ0n) is 11.0. The van der Waals surface area contributed by atoms with Gasteiger partial charge in [-0.3, -0.25) is 0 Å². The minimum atomic E-state index is 0.189. The quantitative estimate of drug-likeness (QED) is 0.890. The van der Waals surface area contributed by atoms with Crippen molar-refractivity contribution in [1.29, 1.82) is 0 Å². The maximum absolute atomic E-state index is 5.28. The molecule has 0 radical (unpaired) electrons. The second-order valence-electron chi connectivity index (χ2n) is 4.33. The number of nitrogens with one attached hydrogen (secondary N) is 1. The van der Waals surface area contributed by atoms with Crippen LogP contribution in [-0.4, -0.2) is 12.1 Å². The molecule has 1 heterocycles. The van der Waals surface area contributed by atoms with Gasteiger partial charge in [-0.25, -0.2) is 4.98 Å². The predicted octanol–water partition coefficient (Wildman–Crippen LogP) is 3.57. The van der Waals surface area contributed by atoms with Gasteiger partial charge in [-0.2, -0.15) is 0 Å². The summed E-state index contributed by atoms with van der Waals surface area (Å²) >= 11 is 0. The van der Waals surface area contributed by atoms with E-state index in [1.807, 2.05) is 12.1 Å². The molecule has 1 N–H and O–H groups in total. The molecule has 0 aliphatic heterocycles. The second kappa shape index (κ2) is 5.54. The molecule has 0 aliphatic rings. The Kier molecular flexibility index (Phi) is 3.82. The molecule has 2 rings (SSSR count). The molecule has 1 aromatic heterocycles. The van der Waals surface area contributed by atoms with Crippen LogP contribution in [0.2, 0.25) is 0 Å². The van der Waals surface area contributed by atoms with Crippen molar-refractivity contribution in [2.24, 2.45) is 0 Å². The highest BCUT2D eigenvalue weighted by molar-refractivity contribution is 5.51. The molecule has 1 aromatic carbocycles. The lowest BCUT2D eigenvalue weighted by Crippen LogP contribution is -2.08. The zero-order chi connectivity index (χ0) is 13.0. The monoisotopic (exact) mass is 242 g/mol. The number of benzene rings is 1. The molecule has 1 atom stereocenters. The number of methoxy groups -OCH3 is 1. The van der Waals surface area contributed by atoms with Crippen molar-refractivity contribution in [3.8, 4) is 5.75 Å². The van der Waals surface area contributed by atoms with E-state index < -0.39 is 0 Å². The second-order valence-corrected chi connectivity index (χ2v) is 4.33. The average molecular weight is 242 g/mol. The Labute approximate surface area is 108 Å². The van der Waals surface area contributed by atoms with Crippen LogP contribution in [0.3, 0.4) is 0 Å². The summed E-state index contributed by atoms with van der Waals surface area (Å²) in [5.41, 5.74) is 2.50. The Bertz CT molecular complexity index is 508. The van der Waals surface area contributed by atoms with E-state index in [0.717, 1.165) is 11.6 Å². The first-order valence-corrected chi connectivity index (χ1v) is 6.03. The van der Waals surface area contributed by atoms with E-state index in [-0.39, 0.29) is 6.04 Å². The Morgan fingerprint density at radius 2 is 1.89 bits per heavy atom. The number of aryl methyl sites for hydroxylation is 1. The highest BCUT2D eigenvalue weighted by Gasteiger charge is 2.09. The number of ether oxygens (including phenoxy) is 1. The SMILES string of the molecule is COc1cccnc1NC(C)c1ccc(C)cc1. The molecule has 0 bridgehead atoms. The fourth-order valence-corrected chi connectivity index (χ4v) is 1.81. The maximum atomic E-state index is 5.28. The molecule has 0 saturated heterocycles. The first-order valence-electron chi connectivity index (χ1n) is 6.03.